The van der Waals surface area contributed by atoms with Crippen molar-refractivity contribution < 1.29 is 0 Å². The first-order chi connectivity index (χ1) is 6.79. The molecule has 0 N–H and O–H groups in total. The van der Waals surface area contributed by atoms with E-state index >= 15 is 0 Å². The van der Waals surface area contributed by atoms with Crippen LogP contribution in [0.25, 0.3) is 11.1 Å². The molecule has 0 spiro atoms. The summed E-state index contributed by atoms with van der Waals surface area (Å²) in [5.74, 6) is 0. The number of rotatable bonds is 1. The van der Waals surface area contributed by atoms with Crippen LogP contribution in [-0.2, 0) is 0 Å². The van der Waals surface area contributed by atoms with E-state index in [1.807, 2.05) is 36.4 Å². The fraction of sp³-hybridized carbons (Fsp3) is 0. The topological polar surface area (TPSA) is 0 Å². The van der Waals surface area contributed by atoms with Gasteiger partial charge in [0.15, 0.2) is 0 Å². The molecule has 0 unspecified atom stereocenters. The molecule has 0 atom stereocenters. The highest BCUT2D eigenvalue weighted by molar-refractivity contribution is 6.43. The Bertz CT molecular complexity index is 435. The summed E-state index contributed by atoms with van der Waals surface area (Å²) < 4.78 is 0. The Morgan fingerprint density at radius 3 is 2.36 bits per heavy atom. The van der Waals surface area contributed by atoms with E-state index in [1.54, 1.807) is 6.07 Å². The van der Waals surface area contributed by atoms with Crippen LogP contribution in [0.15, 0.2) is 42.5 Å². The molecule has 0 bridgehead atoms. The highest BCUT2D eigenvalue weighted by Crippen LogP contribution is 2.32. The second-order valence-corrected chi connectivity index (χ2v) is 3.64. The molecule has 69 valence electrons. The van der Waals surface area contributed by atoms with Crippen molar-refractivity contribution in [2.45, 2.75) is 0 Å². The van der Waals surface area contributed by atoms with Crippen molar-refractivity contribution in [2.75, 3.05) is 0 Å². The molecule has 0 aliphatic carbocycles. The molecule has 2 heteroatoms. The van der Waals surface area contributed by atoms with E-state index in [0.717, 1.165) is 11.1 Å². The summed E-state index contributed by atoms with van der Waals surface area (Å²) in [6, 6.07) is 16.4. The van der Waals surface area contributed by atoms with E-state index in [2.05, 4.69) is 6.07 Å². The maximum Gasteiger partial charge on any atom is 0.0677 e. The molecular weight excluding hydrogens is 215 g/mol. The lowest BCUT2D eigenvalue weighted by molar-refractivity contribution is 1.61. The molecule has 0 heterocycles. The lowest BCUT2D eigenvalue weighted by atomic mass is 10.1. The molecule has 0 saturated carbocycles. The highest BCUT2D eigenvalue weighted by Gasteiger charge is 2.05. The minimum atomic E-state index is 0.466. The van der Waals surface area contributed by atoms with E-state index in [0.29, 0.717) is 10.0 Å². The first kappa shape index (κ1) is 9.57. The Kier molecular flexibility index (Phi) is 2.76. The fourth-order valence-electron chi connectivity index (χ4n) is 1.29. The smallest absolute Gasteiger partial charge is 0.0677 e. The summed E-state index contributed by atoms with van der Waals surface area (Å²) >= 11 is 11.9. The molecule has 0 aliphatic heterocycles. The van der Waals surface area contributed by atoms with Gasteiger partial charge in [-0.3, -0.25) is 0 Å². The first-order valence-corrected chi connectivity index (χ1v) is 4.96. The standard InChI is InChI=1S/C12H7Cl2/c13-11-8-4-7-10(12(11)14)9-5-2-1-3-6-9/h1-7H. The molecule has 2 rings (SSSR count). The van der Waals surface area contributed by atoms with Crippen LogP contribution in [0.1, 0.15) is 0 Å². The monoisotopic (exact) mass is 221 g/mol. The second-order valence-electron chi connectivity index (χ2n) is 2.89. The SMILES string of the molecule is Clc1[c]ccc(-c2ccccc2)c1Cl. The van der Waals surface area contributed by atoms with Crippen LogP contribution in [0.2, 0.25) is 10.0 Å². The van der Waals surface area contributed by atoms with Gasteiger partial charge >= 0.3 is 0 Å². The molecule has 0 aliphatic rings. The average molecular weight is 222 g/mol. The van der Waals surface area contributed by atoms with Gasteiger partial charge in [0.05, 0.1) is 10.0 Å². The summed E-state index contributed by atoms with van der Waals surface area (Å²) in [6.07, 6.45) is 0. The number of hydrogen-bond donors (Lipinski definition) is 0. The molecule has 0 amide bonds. The summed E-state index contributed by atoms with van der Waals surface area (Å²) in [4.78, 5) is 0. The van der Waals surface area contributed by atoms with Crippen LogP contribution in [-0.4, -0.2) is 0 Å². The maximum atomic E-state index is 6.06. The minimum absolute atomic E-state index is 0.466. The zero-order chi connectivity index (χ0) is 9.97. The van der Waals surface area contributed by atoms with E-state index in [9.17, 15) is 0 Å². The van der Waals surface area contributed by atoms with Gasteiger partial charge in [-0.2, -0.15) is 0 Å². The predicted octanol–water partition coefficient (Wildman–Crippen LogP) is 4.46. The first-order valence-electron chi connectivity index (χ1n) is 4.20. The van der Waals surface area contributed by atoms with Crippen molar-refractivity contribution in [2.24, 2.45) is 0 Å². The van der Waals surface area contributed by atoms with Gasteiger partial charge in [0.1, 0.15) is 0 Å². The Balaban J connectivity index is 2.58. The lowest BCUT2D eigenvalue weighted by Crippen LogP contribution is -1.79. The van der Waals surface area contributed by atoms with E-state index < -0.39 is 0 Å². The number of halogens is 2. The number of hydrogen-bond acceptors (Lipinski definition) is 0. The minimum Gasteiger partial charge on any atom is -0.0820 e. The molecule has 1 radical (unpaired) electrons. The Labute approximate surface area is 93.1 Å². The third kappa shape index (κ3) is 1.77. The molecule has 0 saturated heterocycles. The quantitative estimate of drug-likeness (QED) is 0.668. The van der Waals surface area contributed by atoms with Crippen LogP contribution in [0.3, 0.4) is 0 Å². The zero-order valence-corrected chi connectivity index (χ0v) is 8.81. The zero-order valence-electron chi connectivity index (χ0n) is 7.30. The van der Waals surface area contributed by atoms with Crippen LogP contribution in [0, 0.1) is 6.07 Å². The average Bonchev–Trinajstić information content (AvgIpc) is 2.23. The Morgan fingerprint density at radius 1 is 0.929 bits per heavy atom. The molecule has 0 aromatic heterocycles. The van der Waals surface area contributed by atoms with Crippen molar-refractivity contribution >= 4 is 23.2 Å². The van der Waals surface area contributed by atoms with Crippen molar-refractivity contribution in [3.8, 4) is 11.1 Å². The molecule has 2 aromatic rings. The van der Waals surface area contributed by atoms with Crippen molar-refractivity contribution in [1.29, 1.82) is 0 Å². The van der Waals surface area contributed by atoms with Crippen LogP contribution < -0.4 is 0 Å². The summed E-state index contributed by atoms with van der Waals surface area (Å²) in [7, 11) is 0. The van der Waals surface area contributed by atoms with Crippen LogP contribution in [0.4, 0.5) is 0 Å². The summed E-state index contributed by atoms with van der Waals surface area (Å²) in [5, 5.41) is 1.02. The second kappa shape index (κ2) is 4.04. The normalized spacial score (nSPS) is 10.1. The van der Waals surface area contributed by atoms with Crippen molar-refractivity contribution in [1.82, 2.24) is 0 Å². The van der Waals surface area contributed by atoms with Gasteiger partial charge in [-0.25, -0.2) is 0 Å². The Hall–Kier alpha value is -0.980. The summed E-state index contributed by atoms with van der Waals surface area (Å²) in [6.45, 7) is 0. The molecule has 14 heavy (non-hydrogen) atoms. The van der Waals surface area contributed by atoms with E-state index in [1.165, 1.54) is 0 Å². The van der Waals surface area contributed by atoms with Crippen LogP contribution in [0.5, 0.6) is 0 Å². The fourth-order valence-corrected chi connectivity index (χ4v) is 1.69. The van der Waals surface area contributed by atoms with E-state index in [-0.39, 0.29) is 0 Å². The molecule has 0 nitrogen and oxygen atoms in total. The van der Waals surface area contributed by atoms with Gasteiger partial charge in [-0.15, -0.1) is 0 Å². The molecular formula is C12H7Cl2. The van der Waals surface area contributed by atoms with Crippen LogP contribution >= 0.6 is 23.2 Å². The maximum absolute atomic E-state index is 6.06. The van der Waals surface area contributed by atoms with Crippen molar-refractivity contribution in [3.05, 3.63) is 58.6 Å². The molecule has 0 fully saturated rings. The Morgan fingerprint density at radius 2 is 1.64 bits per heavy atom. The predicted molar refractivity (Wildman–Crippen MR) is 60.7 cm³/mol. The lowest BCUT2D eigenvalue weighted by Gasteiger charge is -2.04. The van der Waals surface area contributed by atoms with Crippen molar-refractivity contribution in [3.63, 3.8) is 0 Å². The van der Waals surface area contributed by atoms with Gasteiger partial charge in [0, 0.05) is 11.6 Å². The highest BCUT2D eigenvalue weighted by atomic mass is 35.5. The van der Waals surface area contributed by atoms with Gasteiger partial charge < -0.3 is 0 Å². The largest absolute Gasteiger partial charge is 0.0820 e. The third-order valence-electron chi connectivity index (χ3n) is 1.97. The van der Waals surface area contributed by atoms with Gasteiger partial charge in [-0.1, -0.05) is 65.7 Å². The van der Waals surface area contributed by atoms with Gasteiger partial charge in [0.25, 0.3) is 0 Å². The van der Waals surface area contributed by atoms with Gasteiger partial charge in [0.2, 0.25) is 0 Å². The summed E-state index contributed by atoms with van der Waals surface area (Å²) in [5.41, 5.74) is 2.00. The third-order valence-corrected chi connectivity index (χ3v) is 2.76. The number of benzene rings is 2. The van der Waals surface area contributed by atoms with Gasteiger partial charge in [-0.05, 0) is 5.56 Å². The molecule has 2 aromatic carbocycles. The van der Waals surface area contributed by atoms with E-state index in [4.69, 9.17) is 23.2 Å².